The van der Waals surface area contributed by atoms with Crippen LogP contribution in [0.5, 0.6) is 17.2 Å². The van der Waals surface area contributed by atoms with Gasteiger partial charge in [0.15, 0.2) is 0 Å². The summed E-state index contributed by atoms with van der Waals surface area (Å²) in [5, 5.41) is 49.0. The van der Waals surface area contributed by atoms with Gasteiger partial charge in [0.2, 0.25) is 6.29 Å². The van der Waals surface area contributed by atoms with Crippen LogP contribution in [-0.4, -0.2) is 75.8 Å². The van der Waals surface area contributed by atoms with Crippen molar-refractivity contribution in [3.8, 4) is 17.2 Å². The average molecular weight is 470 g/mol. The highest BCUT2D eigenvalue weighted by atomic mass is 32.3. The highest BCUT2D eigenvalue weighted by Gasteiger charge is 2.44. The van der Waals surface area contributed by atoms with Crippen LogP contribution < -0.4 is 8.92 Å². The van der Waals surface area contributed by atoms with Gasteiger partial charge < -0.3 is 39.2 Å². The van der Waals surface area contributed by atoms with E-state index in [-0.39, 0.29) is 17.2 Å². The Morgan fingerprint density at radius 2 is 1.56 bits per heavy atom. The van der Waals surface area contributed by atoms with Crippen molar-refractivity contribution in [2.45, 2.75) is 30.7 Å². The molecule has 0 unspecified atom stereocenters. The van der Waals surface area contributed by atoms with E-state index in [4.69, 9.17) is 14.0 Å². The SMILES string of the molecule is O=S(=O)(O)Oc1ccc(/C=C/c2cc(O)cc(O[C@@H]3O[C@H](CO)[C@@H](O)[C@H](O)[C@H]3O)c2)cc1. The zero-order valence-electron chi connectivity index (χ0n) is 16.4. The fraction of sp³-hybridized carbons (Fsp3) is 0.300. The molecule has 11 nitrogen and oxygen atoms in total. The van der Waals surface area contributed by atoms with E-state index in [0.29, 0.717) is 11.1 Å². The predicted octanol–water partition coefficient (Wildman–Crippen LogP) is -0.0771. The Labute approximate surface area is 183 Å². The summed E-state index contributed by atoms with van der Waals surface area (Å²) in [6.45, 7) is -0.604. The Bertz CT molecular complexity index is 1050. The second kappa shape index (κ2) is 9.83. The van der Waals surface area contributed by atoms with Crippen LogP contribution in [0.25, 0.3) is 12.2 Å². The Morgan fingerprint density at radius 1 is 0.906 bits per heavy atom. The number of aliphatic hydroxyl groups excluding tert-OH is 4. The summed E-state index contributed by atoms with van der Waals surface area (Å²) < 4.78 is 45.2. The number of phenolic OH excluding ortho intramolecular Hbond substituents is 1. The van der Waals surface area contributed by atoms with Crippen molar-refractivity contribution in [3.05, 3.63) is 53.6 Å². The molecule has 1 fully saturated rings. The molecule has 0 amide bonds. The van der Waals surface area contributed by atoms with Gasteiger partial charge in [0.1, 0.15) is 41.7 Å². The van der Waals surface area contributed by atoms with Gasteiger partial charge in [-0.15, -0.1) is 0 Å². The van der Waals surface area contributed by atoms with E-state index in [9.17, 15) is 34.0 Å². The topological polar surface area (TPSA) is 183 Å². The smallest absolute Gasteiger partial charge is 0.446 e. The largest absolute Gasteiger partial charge is 0.508 e. The molecule has 0 spiro atoms. The number of ether oxygens (including phenoxy) is 2. The zero-order valence-corrected chi connectivity index (χ0v) is 17.2. The molecule has 3 rings (SSSR count). The molecule has 0 bridgehead atoms. The summed E-state index contributed by atoms with van der Waals surface area (Å²) in [5.74, 6) is -0.147. The standard InChI is InChI=1S/C20H22O11S/c21-10-16-17(23)18(24)19(25)20(30-16)29-15-8-12(7-13(22)9-15)2-1-11-3-5-14(6-4-11)31-32(26,27)28/h1-9,16-25H,10H2,(H,26,27,28)/b2-1+/t16-,17-,18+,19-,20-/m1/s1. The quantitative estimate of drug-likeness (QED) is 0.235. The molecule has 1 saturated heterocycles. The summed E-state index contributed by atoms with van der Waals surface area (Å²) in [6.07, 6.45) is -4.01. The third kappa shape index (κ3) is 6.17. The van der Waals surface area contributed by atoms with Crippen LogP contribution in [0.1, 0.15) is 11.1 Å². The summed E-state index contributed by atoms with van der Waals surface area (Å²) >= 11 is 0. The molecular weight excluding hydrogens is 448 g/mol. The van der Waals surface area contributed by atoms with E-state index < -0.39 is 47.7 Å². The van der Waals surface area contributed by atoms with Gasteiger partial charge in [-0.05, 0) is 35.4 Å². The lowest BCUT2D eigenvalue weighted by atomic mass is 9.99. The maximum Gasteiger partial charge on any atom is 0.446 e. The van der Waals surface area contributed by atoms with E-state index in [1.54, 1.807) is 12.2 Å². The lowest BCUT2D eigenvalue weighted by Crippen LogP contribution is -2.60. The second-order valence-corrected chi connectivity index (χ2v) is 8.01. The Kier molecular flexibility index (Phi) is 7.36. The van der Waals surface area contributed by atoms with E-state index in [2.05, 4.69) is 4.18 Å². The van der Waals surface area contributed by atoms with Crippen LogP contribution in [0, 0.1) is 0 Å². The molecular formula is C20H22O11S. The third-order valence-electron chi connectivity index (χ3n) is 4.56. The van der Waals surface area contributed by atoms with Crippen molar-refractivity contribution in [2.24, 2.45) is 0 Å². The normalized spacial score (nSPS) is 26.2. The van der Waals surface area contributed by atoms with Crippen LogP contribution in [0.15, 0.2) is 42.5 Å². The Balaban J connectivity index is 1.73. The predicted molar refractivity (Wildman–Crippen MR) is 110 cm³/mol. The van der Waals surface area contributed by atoms with Crippen molar-refractivity contribution in [1.29, 1.82) is 0 Å². The maximum atomic E-state index is 10.7. The zero-order chi connectivity index (χ0) is 23.5. The minimum absolute atomic E-state index is 0.0720. The fourth-order valence-electron chi connectivity index (χ4n) is 3.02. The average Bonchev–Trinajstić information content (AvgIpc) is 2.72. The van der Waals surface area contributed by atoms with Crippen LogP contribution in [0.3, 0.4) is 0 Å². The first kappa shape index (κ1) is 23.9. The number of benzene rings is 2. The monoisotopic (exact) mass is 470 g/mol. The number of aromatic hydroxyl groups is 1. The molecule has 5 atom stereocenters. The van der Waals surface area contributed by atoms with Crippen LogP contribution in [-0.2, 0) is 15.1 Å². The van der Waals surface area contributed by atoms with Crippen LogP contribution >= 0.6 is 0 Å². The molecule has 1 aliphatic heterocycles. The molecule has 174 valence electrons. The lowest BCUT2D eigenvalue weighted by Gasteiger charge is -2.39. The van der Waals surface area contributed by atoms with Gasteiger partial charge in [0.05, 0.1) is 6.61 Å². The van der Waals surface area contributed by atoms with Gasteiger partial charge in [-0.3, -0.25) is 4.55 Å². The Hall–Kier alpha value is -2.71. The first-order valence-electron chi connectivity index (χ1n) is 9.32. The van der Waals surface area contributed by atoms with Gasteiger partial charge in [0.25, 0.3) is 0 Å². The highest BCUT2D eigenvalue weighted by molar-refractivity contribution is 7.81. The van der Waals surface area contributed by atoms with Crippen molar-refractivity contribution >= 4 is 22.6 Å². The number of hydrogen-bond acceptors (Lipinski definition) is 10. The van der Waals surface area contributed by atoms with Crippen molar-refractivity contribution < 1.29 is 52.2 Å². The van der Waals surface area contributed by atoms with E-state index >= 15 is 0 Å². The Morgan fingerprint density at radius 3 is 2.19 bits per heavy atom. The highest BCUT2D eigenvalue weighted by Crippen LogP contribution is 2.28. The van der Waals surface area contributed by atoms with E-state index in [1.165, 1.54) is 42.5 Å². The van der Waals surface area contributed by atoms with Gasteiger partial charge in [0, 0.05) is 6.07 Å². The minimum atomic E-state index is -4.61. The minimum Gasteiger partial charge on any atom is -0.508 e. The molecule has 1 heterocycles. The number of phenols is 1. The molecule has 0 aliphatic carbocycles. The first-order valence-corrected chi connectivity index (χ1v) is 10.7. The van der Waals surface area contributed by atoms with Gasteiger partial charge in [-0.25, -0.2) is 0 Å². The fourth-order valence-corrected chi connectivity index (χ4v) is 3.37. The number of rotatable bonds is 7. The molecule has 1 aliphatic rings. The summed E-state index contributed by atoms with van der Waals surface area (Å²) in [7, 11) is -4.61. The van der Waals surface area contributed by atoms with Crippen molar-refractivity contribution in [1.82, 2.24) is 0 Å². The molecule has 32 heavy (non-hydrogen) atoms. The maximum absolute atomic E-state index is 10.7. The summed E-state index contributed by atoms with van der Waals surface area (Å²) in [5.41, 5.74) is 1.13. The molecule has 2 aromatic carbocycles. The number of hydrogen-bond donors (Lipinski definition) is 6. The lowest BCUT2D eigenvalue weighted by molar-refractivity contribution is -0.277. The second-order valence-electron chi connectivity index (χ2n) is 6.99. The van der Waals surface area contributed by atoms with E-state index in [0.717, 1.165) is 0 Å². The molecule has 6 N–H and O–H groups in total. The van der Waals surface area contributed by atoms with Crippen molar-refractivity contribution in [3.63, 3.8) is 0 Å². The molecule has 12 heteroatoms. The van der Waals surface area contributed by atoms with Crippen LogP contribution in [0.2, 0.25) is 0 Å². The third-order valence-corrected chi connectivity index (χ3v) is 4.97. The molecule has 0 saturated carbocycles. The molecule has 2 aromatic rings. The summed E-state index contributed by atoms with van der Waals surface area (Å²) in [4.78, 5) is 0. The molecule has 0 aromatic heterocycles. The number of aliphatic hydroxyl groups is 4. The van der Waals surface area contributed by atoms with Gasteiger partial charge in [-0.2, -0.15) is 8.42 Å². The van der Waals surface area contributed by atoms with Gasteiger partial charge >= 0.3 is 10.4 Å². The summed E-state index contributed by atoms with van der Waals surface area (Å²) in [6, 6.07) is 9.92. The first-order chi connectivity index (χ1) is 15.1. The van der Waals surface area contributed by atoms with Crippen molar-refractivity contribution in [2.75, 3.05) is 6.61 Å². The van der Waals surface area contributed by atoms with E-state index in [1.807, 2.05) is 0 Å². The molecule has 0 radical (unpaired) electrons. The van der Waals surface area contributed by atoms with Crippen LogP contribution in [0.4, 0.5) is 0 Å². The van der Waals surface area contributed by atoms with Gasteiger partial charge in [-0.1, -0.05) is 24.3 Å².